The molecule has 0 saturated carbocycles. The normalized spacial score (nSPS) is 12.0. The van der Waals surface area contributed by atoms with Crippen molar-refractivity contribution in [1.82, 2.24) is 4.31 Å². The van der Waals surface area contributed by atoms with E-state index in [1.54, 1.807) is 39.9 Å². The van der Waals surface area contributed by atoms with Crippen molar-refractivity contribution in [1.29, 1.82) is 0 Å². The minimum absolute atomic E-state index is 0.0587. The standard InChI is InChI=1S/C15H18ClNO2S2/c1-2-8-17(10-13-7-9-20-11-13)21(18,19)12-14-5-3-4-6-15(14)16/h3-7,9,11H,2,8,10,12H2,1H3. The summed E-state index contributed by atoms with van der Waals surface area (Å²) in [4.78, 5) is 0. The number of benzene rings is 1. The minimum Gasteiger partial charge on any atom is -0.212 e. The van der Waals surface area contributed by atoms with E-state index in [-0.39, 0.29) is 5.75 Å². The van der Waals surface area contributed by atoms with Crippen molar-refractivity contribution >= 4 is 33.0 Å². The fourth-order valence-electron chi connectivity index (χ4n) is 2.06. The van der Waals surface area contributed by atoms with Gasteiger partial charge in [0.25, 0.3) is 0 Å². The Labute approximate surface area is 135 Å². The zero-order valence-electron chi connectivity index (χ0n) is 11.8. The van der Waals surface area contributed by atoms with Crippen molar-refractivity contribution < 1.29 is 8.42 Å². The Bertz CT molecular complexity index is 669. The van der Waals surface area contributed by atoms with Gasteiger partial charge in [-0.15, -0.1) is 0 Å². The summed E-state index contributed by atoms with van der Waals surface area (Å²) in [5.41, 5.74) is 1.67. The molecule has 1 aromatic carbocycles. The molecule has 2 rings (SSSR count). The van der Waals surface area contributed by atoms with Crippen LogP contribution in [0.5, 0.6) is 0 Å². The van der Waals surface area contributed by atoms with E-state index in [9.17, 15) is 8.42 Å². The Morgan fingerprint density at radius 3 is 2.62 bits per heavy atom. The summed E-state index contributed by atoms with van der Waals surface area (Å²) in [6, 6.07) is 9.04. The summed E-state index contributed by atoms with van der Waals surface area (Å²) < 4.78 is 26.8. The third-order valence-electron chi connectivity index (χ3n) is 3.10. The lowest BCUT2D eigenvalue weighted by Crippen LogP contribution is -2.32. The third-order valence-corrected chi connectivity index (χ3v) is 5.98. The topological polar surface area (TPSA) is 37.4 Å². The molecule has 0 aliphatic rings. The Morgan fingerprint density at radius 1 is 1.24 bits per heavy atom. The van der Waals surface area contributed by atoms with Gasteiger partial charge in [0, 0.05) is 18.1 Å². The van der Waals surface area contributed by atoms with Gasteiger partial charge >= 0.3 is 0 Å². The number of thiophene rings is 1. The molecule has 0 unspecified atom stereocenters. The maximum absolute atomic E-state index is 12.6. The molecule has 1 heterocycles. The Hall–Kier alpha value is -0.880. The Kier molecular flexibility index (Phi) is 5.81. The lowest BCUT2D eigenvalue weighted by Gasteiger charge is -2.21. The maximum atomic E-state index is 12.6. The van der Waals surface area contributed by atoms with Crippen molar-refractivity contribution in [3.05, 3.63) is 57.2 Å². The quantitative estimate of drug-likeness (QED) is 0.757. The van der Waals surface area contributed by atoms with Crippen LogP contribution in [0.1, 0.15) is 24.5 Å². The van der Waals surface area contributed by atoms with Crippen LogP contribution >= 0.6 is 22.9 Å². The van der Waals surface area contributed by atoms with Gasteiger partial charge in [-0.05, 0) is 40.4 Å². The number of nitrogens with zero attached hydrogens (tertiary/aromatic N) is 1. The van der Waals surface area contributed by atoms with Gasteiger partial charge in [0.1, 0.15) is 0 Å². The third kappa shape index (κ3) is 4.54. The minimum atomic E-state index is -3.38. The number of sulfonamides is 1. The molecule has 0 aliphatic heterocycles. The van der Waals surface area contributed by atoms with E-state index in [0.717, 1.165) is 12.0 Å². The SMILES string of the molecule is CCCN(Cc1ccsc1)S(=O)(=O)Cc1ccccc1Cl. The van der Waals surface area contributed by atoms with Crippen LogP contribution in [-0.4, -0.2) is 19.3 Å². The number of rotatable bonds is 7. The molecule has 0 saturated heterocycles. The Balaban J connectivity index is 2.19. The molecule has 21 heavy (non-hydrogen) atoms. The van der Waals surface area contributed by atoms with E-state index in [2.05, 4.69) is 0 Å². The van der Waals surface area contributed by atoms with Crippen molar-refractivity contribution in [2.24, 2.45) is 0 Å². The van der Waals surface area contributed by atoms with Crippen molar-refractivity contribution in [2.75, 3.05) is 6.54 Å². The van der Waals surface area contributed by atoms with Crippen LogP contribution in [-0.2, 0) is 22.3 Å². The van der Waals surface area contributed by atoms with E-state index in [4.69, 9.17) is 11.6 Å². The second kappa shape index (κ2) is 7.40. The molecular formula is C15H18ClNO2S2. The molecule has 114 valence electrons. The van der Waals surface area contributed by atoms with E-state index < -0.39 is 10.0 Å². The van der Waals surface area contributed by atoms with Crippen LogP contribution in [0.15, 0.2) is 41.1 Å². The molecular weight excluding hydrogens is 326 g/mol. The van der Waals surface area contributed by atoms with Crippen molar-refractivity contribution in [2.45, 2.75) is 25.6 Å². The van der Waals surface area contributed by atoms with E-state index >= 15 is 0 Å². The summed E-state index contributed by atoms with van der Waals surface area (Å²) in [5, 5.41) is 4.43. The molecule has 0 radical (unpaired) electrons. The molecule has 0 atom stereocenters. The van der Waals surface area contributed by atoms with Gasteiger partial charge in [-0.25, -0.2) is 8.42 Å². The van der Waals surface area contributed by atoms with Crippen molar-refractivity contribution in [3.63, 3.8) is 0 Å². The van der Waals surface area contributed by atoms with Crippen LogP contribution in [0.4, 0.5) is 0 Å². The van der Waals surface area contributed by atoms with Gasteiger partial charge in [-0.3, -0.25) is 0 Å². The highest BCUT2D eigenvalue weighted by Gasteiger charge is 2.23. The molecule has 0 fully saturated rings. The summed E-state index contributed by atoms with van der Waals surface area (Å²) in [6.07, 6.45) is 0.784. The average molecular weight is 344 g/mol. The zero-order chi connectivity index (χ0) is 15.3. The van der Waals surface area contributed by atoms with Crippen LogP contribution in [0.2, 0.25) is 5.02 Å². The lowest BCUT2D eigenvalue weighted by atomic mass is 10.2. The van der Waals surface area contributed by atoms with Gasteiger partial charge in [0.15, 0.2) is 0 Å². The van der Waals surface area contributed by atoms with Crippen LogP contribution in [0, 0.1) is 0 Å². The average Bonchev–Trinajstić information content (AvgIpc) is 2.94. The highest BCUT2D eigenvalue weighted by atomic mass is 35.5. The van der Waals surface area contributed by atoms with Crippen LogP contribution in [0.3, 0.4) is 0 Å². The fourth-order valence-corrected chi connectivity index (χ4v) is 4.63. The highest BCUT2D eigenvalue weighted by molar-refractivity contribution is 7.88. The second-order valence-corrected chi connectivity index (χ2v) is 7.97. The number of hydrogen-bond donors (Lipinski definition) is 0. The van der Waals surface area contributed by atoms with E-state index in [0.29, 0.717) is 23.7 Å². The highest BCUT2D eigenvalue weighted by Crippen LogP contribution is 2.21. The molecule has 0 amide bonds. The van der Waals surface area contributed by atoms with Gasteiger partial charge in [0.2, 0.25) is 10.0 Å². The van der Waals surface area contributed by atoms with Gasteiger partial charge in [0.05, 0.1) is 5.75 Å². The van der Waals surface area contributed by atoms with E-state index in [1.807, 2.05) is 23.8 Å². The van der Waals surface area contributed by atoms with Crippen LogP contribution in [0.25, 0.3) is 0 Å². The first-order valence-corrected chi connectivity index (χ1v) is 9.68. The summed E-state index contributed by atoms with van der Waals surface area (Å²) in [6.45, 7) is 2.92. The largest absolute Gasteiger partial charge is 0.218 e. The predicted molar refractivity (Wildman–Crippen MR) is 89.1 cm³/mol. The molecule has 3 nitrogen and oxygen atoms in total. The Morgan fingerprint density at radius 2 is 2.00 bits per heavy atom. The second-order valence-electron chi connectivity index (χ2n) is 4.81. The molecule has 0 aliphatic carbocycles. The van der Waals surface area contributed by atoms with Gasteiger partial charge in [-0.1, -0.05) is 36.7 Å². The molecule has 0 spiro atoms. The smallest absolute Gasteiger partial charge is 0.212 e. The number of halogens is 1. The molecule has 1 aromatic heterocycles. The van der Waals surface area contributed by atoms with Crippen LogP contribution < -0.4 is 0 Å². The van der Waals surface area contributed by atoms with Gasteiger partial charge < -0.3 is 0 Å². The first-order chi connectivity index (χ1) is 10.0. The maximum Gasteiger partial charge on any atom is 0.218 e. The molecule has 0 N–H and O–H groups in total. The first kappa shape index (κ1) is 16.5. The first-order valence-electron chi connectivity index (χ1n) is 6.75. The summed E-state index contributed by atoms with van der Waals surface area (Å²) >= 11 is 7.65. The monoisotopic (exact) mass is 343 g/mol. The predicted octanol–water partition coefficient (Wildman–Crippen LogP) is 4.14. The zero-order valence-corrected chi connectivity index (χ0v) is 14.2. The van der Waals surface area contributed by atoms with Gasteiger partial charge in [-0.2, -0.15) is 15.6 Å². The molecule has 0 bridgehead atoms. The lowest BCUT2D eigenvalue weighted by molar-refractivity contribution is 0.405. The summed E-state index contributed by atoms with van der Waals surface area (Å²) in [5.74, 6) is -0.0587. The fraction of sp³-hybridized carbons (Fsp3) is 0.333. The van der Waals surface area contributed by atoms with Crippen molar-refractivity contribution in [3.8, 4) is 0 Å². The van der Waals surface area contributed by atoms with E-state index in [1.165, 1.54) is 0 Å². The summed E-state index contributed by atoms with van der Waals surface area (Å²) in [7, 11) is -3.38. The molecule has 2 aromatic rings. The number of hydrogen-bond acceptors (Lipinski definition) is 3. The molecule has 6 heteroatoms.